The van der Waals surface area contributed by atoms with E-state index in [0.717, 1.165) is 4.47 Å². The number of methoxy groups -OCH3 is 2. The predicted molar refractivity (Wildman–Crippen MR) is 124 cm³/mol. The summed E-state index contributed by atoms with van der Waals surface area (Å²) >= 11 is 3.47. The molecule has 0 bridgehead atoms. The molecule has 2 atom stereocenters. The van der Waals surface area contributed by atoms with Crippen molar-refractivity contribution in [2.24, 2.45) is 0 Å². The summed E-state index contributed by atoms with van der Waals surface area (Å²) in [6.07, 6.45) is 0.630. The van der Waals surface area contributed by atoms with E-state index in [1.807, 2.05) is 36.9 Å². The quantitative estimate of drug-likeness (QED) is 0.500. The summed E-state index contributed by atoms with van der Waals surface area (Å²) in [6, 6.07) is 9.90. The predicted octanol–water partition coefficient (Wildman–Crippen LogP) is 4.68. The molecular weight excluding hydrogens is 492 g/mol. The van der Waals surface area contributed by atoms with Crippen LogP contribution in [0.15, 0.2) is 51.5 Å². The zero-order valence-corrected chi connectivity index (χ0v) is 20.1. The number of carbonyl (C=O) groups excluding carboxylic acids is 2. The van der Waals surface area contributed by atoms with E-state index < -0.39 is 24.1 Å². The molecule has 3 aromatic rings. The molecule has 0 saturated carbocycles. The highest BCUT2D eigenvalue weighted by molar-refractivity contribution is 9.10. The van der Waals surface area contributed by atoms with Gasteiger partial charge in [-0.2, -0.15) is 0 Å². The Morgan fingerprint density at radius 3 is 2.48 bits per heavy atom. The Hall–Kier alpha value is -3.17. The van der Waals surface area contributed by atoms with E-state index in [1.165, 1.54) is 14.2 Å². The highest BCUT2D eigenvalue weighted by Crippen LogP contribution is 2.52. The first-order valence-electron chi connectivity index (χ1n) is 10.3. The number of halogens is 1. The van der Waals surface area contributed by atoms with Crippen molar-refractivity contribution in [3.63, 3.8) is 0 Å². The van der Waals surface area contributed by atoms with Gasteiger partial charge in [0.1, 0.15) is 23.4 Å². The number of pyridine rings is 1. The molecule has 8 nitrogen and oxygen atoms in total. The summed E-state index contributed by atoms with van der Waals surface area (Å²) in [6.45, 7) is 3.84. The molecule has 33 heavy (non-hydrogen) atoms. The van der Waals surface area contributed by atoms with Gasteiger partial charge < -0.3 is 23.9 Å². The first kappa shape index (κ1) is 23.0. The summed E-state index contributed by atoms with van der Waals surface area (Å²) in [5, 5.41) is 11.6. The number of anilines is 1. The number of ether oxygens (including phenoxy) is 2. The second kappa shape index (κ2) is 8.99. The lowest BCUT2D eigenvalue weighted by Crippen LogP contribution is -2.39. The van der Waals surface area contributed by atoms with Gasteiger partial charge in [0.05, 0.1) is 19.9 Å². The van der Waals surface area contributed by atoms with E-state index in [4.69, 9.17) is 13.9 Å². The van der Waals surface area contributed by atoms with Crippen LogP contribution < -0.4 is 4.90 Å². The van der Waals surface area contributed by atoms with Crippen LogP contribution in [-0.4, -0.2) is 42.3 Å². The van der Waals surface area contributed by atoms with Crippen LogP contribution in [0.4, 0.5) is 5.69 Å². The smallest absolute Gasteiger partial charge is 0.374 e. The third-order valence-corrected chi connectivity index (χ3v) is 6.12. The topological polar surface area (TPSA) is 102 Å². The minimum absolute atomic E-state index is 0.0611. The molecule has 9 heteroatoms. The van der Waals surface area contributed by atoms with Gasteiger partial charge in [0.2, 0.25) is 5.76 Å². The first-order chi connectivity index (χ1) is 15.8. The van der Waals surface area contributed by atoms with Crippen molar-refractivity contribution in [3.05, 3.63) is 69.6 Å². The number of fused-ring (bicyclic) bond motifs is 3. The van der Waals surface area contributed by atoms with E-state index >= 15 is 0 Å². The first-order valence-corrected chi connectivity index (χ1v) is 11.1. The SMILES string of the molecule is COC(=O)c1oc2c(c1C(=O)OC)N(C(C)C)[C@H](c1ccccn1)[C@@H](O)c1ccc(Br)cc1-2. The molecule has 172 valence electrons. The molecule has 1 N–H and O–H groups in total. The number of benzene rings is 1. The molecule has 0 aliphatic carbocycles. The molecule has 0 saturated heterocycles. The van der Waals surface area contributed by atoms with Crippen LogP contribution in [-0.2, 0) is 9.47 Å². The van der Waals surface area contributed by atoms with Gasteiger partial charge in [0, 0.05) is 22.3 Å². The Kier molecular flexibility index (Phi) is 6.27. The Balaban J connectivity index is 2.15. The number of carbonyl (C=O) groups is 2. The van der Waals surface area contributed by atoms with E-state index in [0.29, 0.717) is 22.5 Å². The Labute approximate surface area is 199 Å². The molecule has 0 spiro atoms. The Bertz CT molecular complexity index is 1210. The van der Waals surface area contributed by atoms with Crippen molar-refractivity contribution in [1.29, 1.82) is 0 Å². The number of aliphatic hydroxyl groups is 1. The van der Waals surface area contributed by atoms with Crippen LogP contribution in [0.1, 0.15) is 58.2 Å². The van der Waals surface area contributed by atoms with Gasteiger partial charge in [-0.3, -0.25) is 4.98 Å². The van der Waals surface area contributed by atoms with Gasteiger partial charge in [-0.15, -0.1) is 0 Å². The van der Waals surface area contributed by atoms with E-state index in [-0.39, 0.29) is 23.1 Å². The lowest BCUT2D eigenvalue weighted by Gasteiger charge is -2.37. The summed E-state index contributed by atoms with van der Waals surface area (Å²) in [4.78, 5) is 31.9. The maximum absolute atomic E-state index is 13.0. The van der Waals surface area contributed by atoms with Crippen LogP contribution in [0, 0.1) is 0 Å². The van der Waals surface area contributed by atoms with Gasteiger partial charge >= 0.3 is 11.9 Å². The largest absolute Gasteiger partial charge is 0.465 e. The summed E-state index contributed by atoms with van der Waals surface area (Å²) < 4.78 is 16.7. The van der Waals surface area contributed by atoms with Crippen molar-refractivity contribution < 1.29 is 28.6 Å². The zero-order chi connectivity index (χ0) is 23.9. The maximum Gasteiger partial charge on any atom is 0.374 e. The molecular formula is C24H23BrN2O6. The van der Waals surface area contributed by atoms with Crippen molar-refractivity contribution in [1.82, 2.24) is 4.98 Å². The molecule has 3 heterocycles. The van der Waals surface area contributed by atoms with Gasteiger partial charge in [0.15, 0.2) is 5.76 Å². The summed E-state index contributed by atoms with van der Waals surface area (Å²) in [5.74, 6) is -1.56. The summed E-state index contributed by atoms with van der Waals surface area (Å²) in [7, 11) is 2.44. The lowest BCUT2D eigenvalue weighted by atomic mass is 9.95. The van der Waals surface area contributed by atoms with Crippen LogP contribution in [0.2, 0.25) is 0 Å². The monoisotopic (exact) mass is 514 g/mol. The third-order valence-electron chi connectivity index (χ3n) is 5.63. The number of hydrogen-bond donors (Lipinski definition) is 1. The standard InChI is InChI=1S/C24H23BrN2O6/c1-12(2)27-18(16-7-5-6-10-26-16)20(28)14-9-8-13(25)11-15(14)21-19(27)17(23(29)31-3)22(33-21)24(30)32-4/h5-12,18,20,28H,1-4H3/t18-,20+/m1/s1. The Morgan fingerprint density at radius 1 is 1.15 bits per heavy atom. The average molecular weight is 515 g/mol. The number of hydrogen-bond acceptors (Lipinski definition) is 8. The highest BCUT2D eigenvalue weighted by atomic mass is 79.9. The molecule has 0 radical (unpaired) electrons. The number of nitrogens with zero attached hydrogens (tertiary/aromatic N) is 2. The highest BCUT2D eigenvalue weighted by Gasteiger charge is 2.44. The molecule has 0 amide bonds. The molecule has 0 fully saturated rings. The fourth-order valence-electron chi connectivity index (χ4n) is 4.26. The maximum atomic E-state index is 13.0. The van der Waals surface area contributed by atoms with Crippen LogP contribution >= 0.6 is 15.9 Å². The minimum Gasteiger partial charge on any atom is -0.465 e. The second-order valence-electron chi connectivity index (χ2n) is 7.84. The molecule has 1 aliphatic heterocycles. The second-order valence-corrected chi connectivity index (χ2v) is 8.76. The number of rotatable bonds is 4. The van der Waals surface area contributed by atoms with Crippen molar-refractivity contribution in [3.8, 4) is 11.3 Å². The van der Waals surface area contributed by atoms with E-state index in [2.05, 4.69) is 20.9 Å². The third kappa shape index (κ3) is 3.81. The van der Waals surface area contributed by atoms with Crippen LogP contribution in [0.3, 0.4) is 0 Å². The molecule has 2 aromatic heterocycles. The van der Waals surface area contributed by atoms with E-state index in [1.54, 1.807) is 24.4 Å². The lowest BCUT2D eigenvalue weighted by molar-refractivity contribution is 0.0529. The van der Waals surface area contributed by atoms with Crippen molar-refractivity contribution >= 4 is 33.6 Å². The van der Waals surface area contributed by atoms with Gasteiger partial charge in [-0.25, -0.2) is 9.59 Å². The van der Waals surface area contributed by atoms with Gasteiger partial charge in [0.25, 0.3) is 0 Å². The number of aliphatic hydroxyl groups excluding tert-OH is 1. The van der Waals surface area contributed by atoms with Crippen LogP contribution in [0.5, 0.6) is 0 Å². The van der Waals surface area contributed by atoms with Gasteiger partial charge in [-0.1, -0.05) is 28.1 Å². The minimum atomic E-state index is -1.01. The molecule has 0 unspecified atom stereocenters. The normalized spacial score (nSPS) is 17.2. The fraction of sp³-hybridized carbons (Fsp3) is 0.292. The molecule has 1 aromatic carbocycles. The van der Waals surface area contributed by atoms with Gasteiger partial charge in [-0.05, 0) is 43.7 Å². The molecule has 1 aliphatic rings. The van der Waals surface area contributed by atoms with E-state index in [9.17, 15) is 14.7 Å². The Morgan fingerprint density at radius 2 is 1.88 bits per heavy atom. The fourth-order valence-corrected chi connectivity index (χ4v) is 4.62. The molecule has 4 rings (SSSR count). The number of aromatic nitrogens is 1. The zero-order valence-electron chi connectivity index (χ0n) is 18.5. The average Bonchev–Trinajstić information content (AvgIpc) is 3.16. The van der Waals surface area contributed by atoms with Crippen molar-refractivity contribution in [2.45, 2.75) is 32.0 Å². The number of esters is 2. The number of furan rings is 1. The van der Waals surface area contributed by atoms with Crippen LogP contribution in [0.25, 0.3) is 11.3 Å². The summed E-state index contributed by atoms with van der Waals surface area (Å²) in [5.41, 5.74) is 1.98. The van der Waals surface area contributed by atoms with Crippen molar-refractivity contribution in [2.75, 3.05) is 19.1 Å².